The van der Waals surface area contributed by atoms with Gasteiger partial charge in [0.15, 0.2) is 5.78 Å². The van der Waals surface area contributed by atoms with Crippen molar-refractivity contribution in [3.05, 3.63) is 119 Å². The molecule has 0 bridgehead atoms. The van der Waals surface area contributed by atoms with E-state index in [1.54, 1.807) is 7.11 Å². The van der Waals surface area contributed by atoms with Crippen molar-refractivity contribution in [2.45, 2.75) is 45.7 Å². The molecule has 0 radical (unpaired) electrons. The molecule has 274 valence electrons. The number of halogens is 1. The molecule has 0 unspecified atom stereocenters. The van der Waals surface area contributed by atoms with Gasteiger partial charge in [-0.3, -0.25) is 9.69 Å². The molecule has 10 heteroatoms. The Kier molecular flexibility index (Phi) is 13.6. The van der Waals surface area contributed by atoms with Crippen LogP contribution in [0.2, 0.25) is 0 Å². The summed E-state index contributed by atoms with van der Waals surface area (Å²) in [5.41, 5.74) is 6.44. The highest BCUT2D eigenvalue weighted by Crippen LogP contribution is 2.31. The number of hydrogen-bond acceptors (Lipinski definition) is 8. The molecule has 6 rings (SSSR count). The van der Waals surface area contributed by atoms with Gasteiger partial charge in [0, 0.05) is 80.0 Å². The lowest BCUT2D eigenvalue weighted by Gasteiger charge is -2.36. The Balaban J connectivity index is 0.00000523. The van der Waals surface area contributed by atoms with Gasteiger partial charge in [0.05, 0.1) is 25.1 Å². The first kappa shape index (κ1) is 38.2. The maximum atomic E-state index is 14.1. The number of carboxylic acid groups (broad SMARTS) is 1. The molecule has 0 saturated carbocycles. The van der Waals surface area contributed by atoms with Crippen LogP contribution in [0.15, 0.2) is 97.2 Å². The van der Waals surface area contributed by atoms with Crippen molar-refractivity contribution >= 4 is 46.4 Å². The number of aliphatic carboxylic acids is 1. The minimum Gasteiger partial charge on any atom is -0.550 e. The van der Waals surface area contributed by atoms with Crippen LogP contribution in [-0.4, -0.2) is 67.7 Å². The van der Waals surface area contributed by atoms with Crippen molar-refractivity contribution in [2.75, 3.05) is 56.7 Å². The summed E-state index contributed by atoms with van der Waals surface area (Å²) in [5.74, 6) is 0.365. The third kappa shape index (κ3) is 9.46. The summed E-state index contributed by atoms with van der Waals surface area (Å²) in [7, 11) is 1.72. The predicted octanol–water partition coefficient (Wildman–Crippen LogP) is 6.60. The molecule has 1 aliphatic heterocycles. The Morgan fingerprint density at radius 2 is 1.56 bits per heavy atom. The lowest BCUT2D eigenvalue weighted by atomic mass is 10.0. The van der Waals surface area contributed by atoms with Gasteiger partial charge < -0.3 is 34.2 Å². The summed E-state index contributed by atoms with van der Waals surface area (Å²) in [6, 6.07) is 30.1. The number of nitrogens with zero attached hydrogens (tertiary/aromatic N) is 3. The average molecular weight is 724 g/mol. The largest absolute Gasteiger partial charge is 0.550 e. The number of carbonyl (C=O) groups excluding carboxylic acids is 2. The number of fused-ring (bicyclic) bond motifs is 1. The third-order valence-corrected chi connectivity index (χ3v) is 9.65. The van der Waals surface area contributed by atoms with Crippen molar-refractivity contribution in [1.29, 1.82) is 0 Å². The van der Waals surface area contributed by atoms with Crippen molar-refractivity contribution in [2.24, 2.45) is 0 Å². The molecule has 5 aromatic rings. The lowest BCUT2D eigenvalue weighted by Crippen LogP contribution is -2.46. The number of aryl methyl sites for hydroxylation is 2. The molecule has 1 saturated heterocycles. The molecule has 1 aliphatic rings. The number of anilines is 2. The number of carbonyl (C=O) groups is 2. The quantitative estimate of drug-likeness (QED) is 0.0847. The zero-order valence-corrected chi connectivity index (χ0v) is 30.8. The lowest BCUT2D eigenvalue weighted by molar-refractivity contribution is -0.305. The predicted molar refractivity (Wildman–Crippen MR) is 208 cm³/mol. The maximum Gasteiger partial charge on any atom is 0.195 e. The topological polar surface area (TPSA) is 99.1 Å². The second kappa shape index (κ2) is 18.5. The Morgan fingerprint density at radius 3 is 2.31 bits per heavy atom. The van der Waals surface area contributed by atoms with Crippen LogP contribution in [0, 0.1) is 0 Å². The minimum atomic E-state index is -1.08. The molecule has 1 N–H and O–H groups in total. The summed E-state index contributed by atoms with van der Waals surface area (Å²) >= 11 is 0. The highest BCUT2D eigenvalue weighted by molar-refractivity contribution is 6.16. The number of benzene rings is 4. The number of ether oxygens (including phenoxy) is 2. The van der Waals surface area contributed by atoms with Gasteiger partial charge in [0.25, 0.3) is 0 Å². The van der Waals surface area contributed by atoms with Gasteiger partial charge >= 0.3 is 0 Å². The van der Waals surface area contributed by atoms with Crippen LogP contribution in [0.3, 0.4) is 0 Å². The van der Waals surface area contributed by atoms with E-state index in [2.05, 4.69) is 58.4 Å². The second-order valence-electron chi connectivity index (χ2n) is 13.0. The van der Waals surface area contributed by atoms with E-state index in [4.69, 9.17) is 9.47 Å². The molecule has 0 amide bonds. The van der Waals surface area contributed by atoms with Gasteiger partial charge in [-0.25, -0.2) is 0 Å². The third-order valence-electron chi connectivity index (χ3n) is 9.65. The monoisotopic (exact) mass is 723 g/mol. The van der Waals surface area contributed by atoms with Gasteiger partial charge in [0.1, 0.15) is 11.5 Å². The Bertz CT molecular complexity index is 1940. The number of nitrogens with one attached hydrogen (secondary N) is 1. The molecule has 0 spiro atoms. The van der Waals surface area contributed by atoms with Gasteiger partial charge in [-0.2, -0.15) is 0 Å². The molecule has 1 fully saturated rings. The van der Waals surface area contributed by atoms with E-state index in [0.717, 1.165) is 79.2 Å². The molecule has 52 heavy (non-hydrogen) atoms. The number of carboxylic acids is 1. The summed E-state index contributed by atoms with van der Waals surface area (Å²) in [6.45, 7) is 8.49. The van der Waals surface area contributed by atoms with Crippen molar-refractivity contribution < 1.29 is 24.2 Å². The van der Waals surface area contributed by atoms with Gasteiger partial charge in [-0.1, -0.05) is 61.5 Å². The van der Waals surface area contributed by atoms with Crippen LogP contribution < -0.4 is 24.8 Å². The number of methoxy groups -OCH3 is 1. The number of ketones is 1. The number of hydrogen-bond donors (Lipinski definition) is 1. The van der Waals surface area contributed by atoms with Crippen LogP contribution in [0.25, 0.3) is 10.9 Å². The highest BCUT2D eigenvalue weighted by Gasteiger charge is 2.21. The molecule has 1 aromatic heterocycles. The van der Waals surface area contributed by atoms with Crippen molar-refractivity contribution in [3.63, 3.8) is 0 Å². The highest BCUT2D eigenvalue weighted by atomic mass is 35.5. The maximum absolute atomic E-state index is 14.1. The Morgan fingerprint density at radius 1 is 0.827 bits per heavy atom. The minimum absolute atomic E-state index is 0. The van der Waals surface area contributed by atoms with Crippen LogP contribution in [-0.2, 0) is 24.3 Å². The molecule has 0 atom stereocenters. The fourth-order valence-electron chi connectivity index (χ4n) is 6.75. The van der Waals surface area contributed by atoms with E-state index in [9.17, 15) is 14.7 Å². The number of rotatable bonds is 17. The molecule has 0 aliphatic carbocycles. The van der Waals surface area contributed by atoms with E-state index in [-0.39, 0.29) is 24.6 Å². The summed E-state index contributed by atoms with van der Waals surface area (Å²) in [4.78, 5) is 29.9. The Hall–Kier alpha value is -4.99. The first-order valence-electron chi connectivity index (χ1n) is 17.9. The zero-order chi connectivity index (χ0) is 35.6. The normalized spacial score (nSPS) is 13.1. The zero-order valence-electron chi connectivity index (χ0n) is 30.0. The molecular weight excluding hydrogens is 676 g/mol. The van der Waals surface area contributed by atoms with Gasteiger partial charge in [0.2, 0.25) is 0 Å². The summed E-state index contributed by atoms with van der Waals surface area (Å²) < 4.78 is 14.0. The Labute approximate surface area is 312 Å². The van der Waals surface area contributed by atoms with Crippen molar-refractivity contribution in [1.82, 2.24) is 9.47 Å². The molecule has 4 aromatic carbocycles. The van der Waals surface area contributed by atoms with E-state index in [1.807, 2.05) is 65.4 Å². The molecule has 9 nitrogen and oxygen atoms in total. The summed E-state index contributed by atoms with van der Waals surface area (Å²) in [6.07, 6.45) is 4.07. The summed E-state index contributed by atoms with van der Waals surface area (Å²) in [5, 5.41) is 15.4. The van der Waals surface area contributed by atoms with Crippen LogP contribution in [0.1, 0.15) is 53.2 Å². The average Bonchev–Trinajstić information content (AvgIpc) is 3.54. The first-order chi connectivity index (χ1) is 24.9. The van der Waals surface area contributed by atoms with Crippen LogP contribution in [0.4, 0.5) is 11.4 Å². The number of para-hydroxylation sites is 3. The molecular formula is C42H48ClN4O5-. The van der Waals surface area contributed by atoms with Crippen LogP contribution >= 0.6 is 12.4 Å². The fraction of sp³-hybridized carbons (Fsp3) is 0.333. The van der Waals surface area contributed by atoms with Crippen LogP contribution in [0.5, 0.6) is 11.5 Å². The van der Waals surface area contributed by atoms with E-state index in [0.29, 0.717) is 43.0 Å². The van der Waals surface area contributed by atoms with Gasteiger partial charge in [-0.15, -0.1) is 12.4 Å². The number of piperazine rings is 1. The smallest absolute Gasteiger partial charge is 0.195 e. The van der Waals surface area contributed by atoms with Gasteiger partial charge in [-0.05, 0) is 73.2 Å². The van der Waals surface area contributed by atoms with E-state index >= 15 is 0 Å². The molecule has 2 heterocycles. The standard InChI is InChI=1S/C42H48N4O5.ClH/c1-3-31-15-17-32(18-16-31)29-43-36-20-19-33(42(49)35-30-46(22-8-14-41(47)48)37-11-5-4-10-34(35)37)28-40(36)51-27-9-21-44-23-25-45(26-24-44)38-12-6-7-13-39(38)50-2;/h4-7,10-13,15-20,28,30,43H,3,8-9,14,21-27,29H2,1-2H3,(H,47,48);1H/p-1. The SMILES string of the molecule is CCc1ccc(CNc2ccc(C(=O)c3cn(CCCC(=O)[O-])c4ccccc34)cc2OCCCN2CCN(c3ccccc3OC)CC2)cc1.Cl. The van der Waals surface area contributed by atoms with E-state index < -0.39 is 5.97 Å². The fourth-order valence-corrected chi connectivity index (χ4v) is 6.75. The first-order valence-corrected chi connectivity index (χ1v) is 17.9. The number of aromatic nitrogens is 1. The second-order valence-corrected chi connectivity index (χ2v) is 13.0. The van der Waals surface area contributed by atoms with Crippen molar-refractivity contribution in [3.8, 4) is 11.5 Å². The van der Waals surface area contributed by atoms with E-state index in [1.165, 1.54) is 5.56 Å².